The molecule has 2 heterocycles. The van der Waals surface area contributed by atoms with Gasteiger partial charge in [-0.05, 0) is 42.0 Å². The van der Waals surface area contributed by atoms with Gasteiger partial charge in [0.15, 0.2) is 0 Å². The Morgan fingerprint density at radius 2 is 1.94 bits per heavy atom. The smallest absolute Gasteiger partial charge is 0.256 e. The predicted molar refractivity (Wildman–Crippen MR) is 121 cm³/mol. The van der Waals surface area contributed by atoms with E-state index in [4.69, 9.17) is 27.9 Å². The molecule has 0 fully saturated rings. The maximum atomic E-state index is 12.8. The largest absolute Gasteiger partial charge is 0.489 e. The maximum absolute atomic E-state index is 12.8. The lowest BCUT2D eigenvalue weighted by Crippen LogP contribution is -2.16. The van der Waals surface area contributed by atoms with Crippen LogP contribution in [0.25, 0.3) is 0 Å². The summed E-state index contributed by atoms with van der Waals surface area (Å²) in [5.41, 5.74) is 2.26. The number of benzene rings is 2. The minimum Gasteiger partial charge on any atom is -0.489 e. The second kappa shape index (κ2) is 9.64. The highest BCUT2D eigenvalue weighted by molar-refractivity contribution is 6.35. The Hall–Kier alpha value is -3.35. The number of anilines is 1. The number of halogens is 2. The highest BCUT2D eigenvalue weighted by Gasteiger charge is 2.12. The van der Waals surface area contributed by atoms with Crippen molar-refractivity contribution in [3.05, 3.63) is 106 Å². The van der Waals surface area contributed by atoms with Crippen LogP contribution >= 0.6 is 23.2 Å². The average molecular weight is 453 g/mol. The van der Waals surface area contributed by atoms with Crippen LogP contribution in [0.2, 0.25) is 10.0 Å². The lowest BCUT2D eigenvalue weighted by Gasteiger charge is -2.11. The Kier molecular flexibility index (Phi) is 6.50. The summed E-state index contributed by atoms with van der Waals surface area (Å²) in [6, 6.07) is 17.8. The monoisotopic (exact) mass is 452 g/mol. The standard InChI is InChI=1S/C23H18Cl2N4O2/c24-19-7-6-18(21(25)12-19)14-29-22(8-10-27-29)28-23(30)17-4-1-5-20(11-17)31-15-16-3-2-9-26-13-16/h1-13H,14-15H2,(H,28,30). The van der Waals surface area contributed by atoms with Crippen molar-refractivity contribution in [2.45, 2.75) is 13.2 Å². The Balaban J connectivity index is 1.44. The first kappa shape index (κ1) is 20.9. The SMILES string of the molecule is O=C(Nc1ccnn1Cc1ccc(Cl)cc1Cl)c1cccc(OCc2cccnc2)c1. The van der Waals surface area contributed by atoms with Crippen molar-refractivity contribution in [2.24, 2.45) is 0 Å². The summed E-state index contributed by atoms with van der Waals surface area (Å²) < 4.78 is 7.44. The molecule has 0 aliphatic rings. The highest BCUT2D eigenvalue weighted by Crippen LogP contribution is 2.23. The van der Waals surface area contributed by atoms with E-state index in [-0.39, 0.29) is 5.91 Å². The summed E-state index contributed by atoms with van der Waals surface area (Å²) in [5.74, 6) is 0.881. The van der Waals surface area contributed by atoms with Gasteiger partial charge in [0, 0.05) is 39.6 Å². The van der Waals surface area contributed by atoms with Crippen LogP contribution < -0.4 is 10.1 Å². The van der Waals surface area contributed by atoms with Crippen LogP contribution in [0.3, 0.4) is 0 Å². The molecule has 0 spiro atoms. The second-order valence-corrected chi connectivity index (χ2v) is 7.59. The first-order valence-electron chi connectivity index (χ1n) is 9.47. The molecule has 1 N–H and O–H groups in total. The van der Waals surface area contributed by atoms with Gasteiger partial charge < -0.3 is 10.1 Å². The van der Waals surface area contributed by atoms with Gasteiger partial charge in [0.05, 0.1) is 12.7 Å². The van der Waals surface area contributed by atoms with Crippen LogP contribution in [0.5, 0.6) is 5.75 Å². The molecule has 2 aromatic carbocycles. The van der Waals surface area contributed by atoms with E-state index in [1.165, 1.54) is 0 Å². The molecule has 0 saturated carbocycles. The molecule has 4 rings (SSSR count). The van der Waals surface area contributed by atoms with E-state index in [0.717, 1.165) is 11.1 Å². The summed E-state index contributed by atoms with van der Waals surface area (Å²) in [6.45, 7) is 0.764. The number of hydrogen-bond donors (Lipinski definition) is 1. The number of carbonyl (C=O) groups excluding carboxylic acids is 1. The molecule has 1 amide bonds. The van der Waals surface area contributed by atoms with Gasteiger partial charge in [-0.25, -0.2) is 4.68 Å². The zero-order chi connectivity index (χ0) is 21.6. The van der Waals surface area contributed by atoms with Gasteiger partial charge in [-0.1, -0.05) is 41.4 Å². The fraction of sp³-hybridized carbons (Fsp3) is 0.0870. The Morgan fingerprint density at radius 3 is 2.74 bits per heavy atom. The van der Waals surface area contributed by atoms with Crippen LogP contribution in [0.4, 0.5) is 5.82 Å². The third-order valence-corrected chi connectivity index (χ3v) is 5.10. The van der Waals surface area contributed by atoms with Crippen molar-refractivity contribution in [1.82, 2.24) is 14.8 Å². The van der Waals surface area contributed by atoms with Gasteiger partial charge in [-0.2, -0.15) is 5.10 Å². The van der Waals surface area contributed by atoms with E-state index in [2.05, 4.69) is 15.4 Å². The molecule has 0 unspecified atom stereocenters. The van der Waals surface area contributed by atoms with E-state index >= 15 is 0 Å². The molecule has 8 heteroatoms. The molecule has 156 valence electrons. The van der Waals surface area contributed by atoms with E-state index in [1.54, 1.807) is 65.7 Å². The molecule has 0 radical (unpaired) electrons. The molecule has 31 heavy (non-hydrogen) atoms. The molecule has 0 saturated heterocycles. The Labute approximate surface area is 189 Å². The van der Waals surface area contributed by atoms with Gasteiger partial charge in [0.2, 0.25) is 0 Å². The van der Waals surface area contributed by atoms with Crippen molar-refractivity contribution in [1.29, 1.82) is 0 Å². The maximum Gasteiger partial charge on any atom is 0.256 e. The Morgan fingerprint density at radius 1 is 1.03 bits per heavy atom. The number of aromatic nitrogens is 3. The lowest BCUT2D eigenvalue weighted by molar-refractivity contribution is 0.102. The van der Waals surface area contributed by atoms with Gasteiger partial charge >= 0.3 is 0 Å². The van der Waals surface area contributed by atoms with Crippen molar-refractivity contribution in [2.75, 3.05) is 5.32 Å². The summed E-state index contributed by atoms with van der Waals surface area (Å²) >= 11 is 12.2. The van der Waals surface area contributed by atoms with E-state index in [1.807, 2.05) is 18.2 Å². The van der Waals surface area contributed by atoms with Gasteiger partial charge in [-0.3, -0.25) is 9.78 Å². The molecule has 2 aromatic heterocycles. The normalized spacial score (nSPS) is 10.6. The molecule has 0 bridgehead atoms. The number of rotatable bonds is 7. The second-order valence-electron chi connectivity index (χ2n) is 6.74. The number of pyridine rings is 1. The van der Waals surface area contributed by atoms with Crippen molar-refractivity contribution in [3.8, 4) is 5.75 Å². The van der Waals surface area contributed by atoms with E-state index in [9.17, 15) is 4.79 Å². The first-order chi connectivity index (χ1) is 15.1. The molecular formula is C23H18Cl2N4O2. The Bertz CT molecular complexity index is 1200. The van der Waals surface area contributed by atoms with Gasteiger partial charge in [0.1, 0.15) is 18.2 Å². The van der Waals surface area contributed by atoms with Gasteiger partial charge in [-0.15, -0.1) is 0 Å². The average Bonchev–Trinajstić information content (AvgIpc) is 3.21. The summed E-state index contributed by atoms with van der Waals surface area (Å²) in [5, 5.41) is 8.27. The number of carbonyl (C=O) groups is 1. The highest BCUT2D eigenvalue weighted by atomic mass is 35.5. The molecule has 4 aromatic rings. The van der Waals surface area contributed by atoms with Crippen LogP contribution in [-0.4, -0.2) is 20.7 Å². The molecule has 0 atom stereocenters. The number of nitrogens with zero attached hydrogens (tertiary/aromatic N) is 3. The molecular weight excluding hydrogens is 435 g/mol. The van der Waals surface area contributed by atoms with Crippen LogP contribution in [0.15, 0.2) is 79.3 Å². The molecule has 0 aliphatic carbocycles. The van der Waals surface area contributed by atoms with Gasteiger partial charge in [0.25, 0.3) is 5.91 Å². The zero-order valence-corrected chi connectivity index (χ0v) is 17.8. The quantitative estimate of drug-likeness (QED) is 0.403. The number of ether oxygens (including phenoxy) is 1. The zero-order valence-electron chi connectivity index (χ0n) is 16.3. The number of amides is 1. The third kappa shape index (κ3) is 5.42. The predicted octanol–water partition coefficient (Wildman–Crippen LogP) is 5.46. The van der Waals surface area contributed by atoms with E-state index in [0.29, 0.717) is 40.3 Å². The number of nitrogens with one attached hydrogen (secondary N) is 1. The summed E-state index contributed by atoms with van der Waals surface area (Å²) in [7, 11) is 0. The minimum absolute atomic E-state index is 0.268. The fourth-order valence-corrected chi connectivity index (χ4v) is 3.41. The molecule has 0 aliphatic heterocycles. The topological polar surface area (TPSA) is 69.0 Å². The number of hydrogen-bond acceptors (Lipinski definition) is 4. The lowest BCUT2D eigenvalue weighted by atomic mass is 10.2. The van der Waals surface area contributed by atoms with Crippen LogP contribution in [-0.2, 0) is 13.2 Å². The van der Waals surface area contributed by atoms with Crippen molar-refractivity contribution >= 4 is 34.9 Å². The minimum atomic E-state index is -0.268. The van der Waals surface area contributed by atoms with Crippen molar-refractivity contribution < 1.29 is 9.53 Å². The first-order valence-corrected chi connectivity index (χ1v) is 10.2. The van der Waals surface area contributed by atoms with Crippen molar-refractivity contribution in [3.63, 3.8) is 0 Å². The van der Waals surface area contributed by atoms with Crippen LogP contribution in [0.1, 0.15) is 21.5 Å². The third-order valence-electron chi connectivity index (χ3n) is 4.52. The molecule has 6 nitrogen and oxygen atoms in total. The van der Waals surface area contributed by atoms with Crippen LogP contribution in [0, 0.1) is 0 Å². The summed E-state index contributed by atoms with van der Waals surface area (Å²) in [6.07, 6.45) is 5.07. The summed E-state index contributed by atoms with van der Waals surface area (Å²) in [4.78, 5) is 16.9. The van der Waals surface area contributed by atoms with E-state index < -0.39 is 0 Å². The fourth-order valence-electron chi connectivity index (χ4n) is 2.94.